The molecule has 1 aromatic heterocycles. The van der Waals surface area contributed by atoms with Gasteiger partial charge in [-0.25, -0.2) is 4.98 Å². The van der Waals surface area contributed by atoms with Crippen LogP contribution in [0.4, 0.5) is 5.82 Å². The van der Waals surface area contributed by atoms with Gasteiger partial charge in [-0.1, -0.05) is 67.9 Å². The van der Waals surface area contributed by atoms with Crippen LogP contribution in [0.5, 0.6) is 0 Å². The summed E-state index contributed by atoms with van der Waals surface area (Å²) in [5, 5.41) is 6.94. The normalized spacial score (nSPS) is 19.3. The average Bonchev–Trinajstić information content (AvgIpc) is 2.89. The zero-order valence-electron chi connectivity index (χ0n) is 15.5. The molecule has 4 rings (SSSR count). The van der Waals surface area contributed by atoms with Gasteiger partial charge >= 0.3 is 0 Å². The molecule has 3 heterocycles. The number of pyridine rings is 1. The van der Waals surface area contributed by atoms with Crippen molar-refractivity contribution in [3.63, 3.8) is 0 Å². The largest absolute Gasteiger partial charge is 0.376 e. The molecule has 6 heteroatoms. The highest BCUT2D eigenvalue weighted by atomic mass is 35.5. The van der Waals surface area contributed by atoms with Gasteiger partial charge in [0.1, 0.15) is 17.4 Å². The van der Waals surface area contributed by atoms with E-state index in [1.54, 1.807) is 6.20 Å². The van der Waals surface area contributed by atoms with Crippen LogP contribution in [0.1, 0.15) is 25.0 Å². The minimum absolute atomic E-state index is 0.104. The number of hydrogen-bond acceptors (Lipinski definition) is 4. The number of aromatic nitrogens is 1. The third kappa shape index (κ3) is 4.15. The number of anilines is 1. The molecule has 0 bridgehead atoms. The maximum absolute atomic E-state index is 12.9. The van der Waals surface area contributed by atoms with Crippen molar-refractivity contribution in [3.05, 3.63) is 70.9 Å². The molecule has 2 N–H and O–H groups in total. The van der Waals surface area contributed by atoms with Crippen LogP contribution in [0, 0.1) is 0 Å². The summed E-state index contributed by atoms with van der Waals surface area (Å²) < 4.78 is 5.39. The number of nitrogens with zero attached hydrogens (tertiary/aromatic N) is 1. The van der Waals surface area contributed by atoms with Crippen LogP contribution < -0.4 is 10.6 Å². The lowest BCUT2D eigenvalue weighted by Gasteiger charge is -2.43. The van der Waals surface area contributed by atoms with E-state index in [0.717, 1.165) is 11.1 Å². The van der Waals surface area contributed by atoms with E-state index < -0.39 is 11.6 Å². The van der Waals surface area contributed by atoms with Gasteiger partial charge in [0.15, 0.2) is 0 Å². The third-order valence-corrected chi connectivity index (χ3v) is 4.77. The van der Waals surface area contributed by atoms with E-state index in [0.29, 0.717) is 30.5 Å². The van der Waals surface area contributed by atoms with Crippen LogP contribution in [-0.2, 0) is 21.5 Å². The summed E-state index contributed by atoms with van der Waals surface area (Å²) in [5.74, 6) is 0.584. The highest BCUT2D eigenvalue weighted by Gasteiger charge is 2.42. The van der Waals surface area contributed by atoms with Crippen molar-refractivity contribution in [3.8, 4) is 0 Å². The molecule has 27 heavy (non-hydrogen) atoms. The lowest BCUT2D eigenvalue weighted by Crippen LogP contribution is -2.61. The summed E-state index contributed by atoms with van der Waals surface area (Å²) in [6.07, 6.45) is 6.10. The van der Waals surface area contributed by atoms with Crippen molar-refractivity contribution in [1.82, 2.24) is 10.3 Å². The number of rotatable bonds is 3. The van der Waals surface area contributed by atoms with Gasteiger partial charge in [0.2, 0.25) is 5.91 Å². The van der Waals surface area contributed by atoms with Crippen LogP contribution in [0.15, 0.2) is 54.7 Å². The number of carbonyl (C=O) groups excluding carboxylic acids is 1. The van der Waals surface area contributed by atoms with E-state index in [2.05, 4.69) is 15.6 Å². The van der Waals surface area contributed by atoms with Gasteiger partial charge in [0.25, 0.3) is 0 Å². The molecule has 1 fully saturated rings. The number of amides is 1. The lowest BCUT2D eigenvalue weighted by atomic mass is 9.87. The molecular formula is C21H24ClN3O2. The summed E-state index contributed by atoms with van der Waals surface area (Å²) in [4.78, 5) is 17.2. The van der Waals surface area contributed by atoms with Crippen molar-refractivity contribution in [2.75, 3.05) is 18.5 Å². The highest BCUT2D eigenvalue weighted by Crippen LogP contribution is 2.30. The van der Waals surface area contributed by atoms with Gasteiger partial charge in [-0.3, -0.25) is 4.79 Å². The lowest BCUT2D eigenvalue weighted by molar-refractivity contribution is -0.133. The highest BCUT2D eigenvalue weighted by molar-refractivity contribution is 6.30. The zero-order valence-corrected chi connectivity index (χ0v) is 16.3. The predicted molar refractivity (Wildman–Crippen MR) is 108 cm³/mol. The Labute approximate surface area is 164 Å². The van der Waals surface area contributed by atoms with Crippen molar-refractivity contribution < 1.29 is 9.53 Å². The Hall–Kier alpha value is -2.37. The molecule has 1 saturated heterocycles. The van der Waals surface area contributed by atoms with E-state index in [4.69, 9.17) is 16.3 Å². The summed E-state index contributed by atoms with van der Waals surface area (Å²) in [6, 6.07) is 11.3. The molecule has 0 aliphatic carbocycles. The van der Waals surface area contributed by atoms with Crippen LogP contribution in [0.25, 0.3) is 0 Å². The molecule has 1 amide bonds. The Morgan fingerprint density at radius 3 is 2.70 bits per heavy atom. The first-order chi connectivity index (χ1) is 13.2. The molecule has 2 aromatic rings. The Morgan fingerprint density at radius 2 is 2.04 bits per heavy atom. The van der Waals surface area contributed by atoms with E-state index in [9.17, 15) is 4.79 Å². The second-order valence-corrected chi connectivity index (χ2v) is 6.78. The van der Waals surface area contributed by atoms with Crippen LogP contribution in [0.2, 0.25) is 5.02 Å². The van der Waals surface area contributed by atoms with Crippen LogP contribution in [-0.4, -0.2) is 30.1 Å². The topological polar surface area (TPSA) is 63.2 Å². The smallest absolute Gasteiger partial charge is 0.247 e. The molecule has 0 spiro atoms. The van der Waals surface area contributed by atoms with Gasteiger partial charge < -0.3 is 15.4 Å². The average molecular weight is 386 g/mol. The first kappa shape index (κ1) is 19.4. The van der Waals surface area contributed by atoms with Gasteiger partial charge in [0.05, 0.1) is 18.2 Å². The maximum atomic E-state index is 12.9. The maximum Gasteiger partial charge on any atom is 0.247 e. The molecule has 1 aromatic carbocycles. The van der Waals surface area contributed by atoms with Crippen molar-refractivity contribution in [2.45, 2.75) is 31.8 Å². The quantitative estimate of drug-likeness (QED) is 0.791. The monoisotopic (exact) mass is 385 g/mol. The molecule has 142 valence electrons. The minimum atomic E-state index is -0.490. The minimum Gasteiger partial charge on any atom is -0.376 e. The number of nitrogens with one attached hydrogen (secondary N) is 2. The van der Waals surface area contributed by atoms with Crippen molar-refractivity contribution in [1.29, 1.82) is 0 Å². The van der Waals surface area contributed by atoms with Crippen molar-refractivity contribution in [2.24, 2.45) is 0 Å². The summed E-state index contributed by atoms with van der Waals surface area (Å²) in [7, 11) is 0. The summed E-state index contributed by atoms with van der Waals surface area (Å²) >= 11 is 6.00. The number of hydrogen-bond donors (Lipinski definition) is 2. The molecule has 1 atom stereocenters. The van der Waals surface area contributed by atoms with E-state index in [1.165, 1.54) is 0 Å². The molecule has 2 aliphatic heterocycles. The van der Waals surface area contributed by atoms with Crippen LogP contribution >= 0.6 is 11.6 Å². The van der Waals surface area contributed by atoms with Gasteiger partial charge in [-0.2, -0.15) is 0 Å². The standard InChI is InChI=1S/C19H18ClN3O2.C2H6/c20-15-9-13-5-4-8-16(22-17(13)21-10-15)18(24)23-19(11-25-12-19)14-6-2-1-3-7-14;1-2/h1-4,6-10,16H,5,11-12H2,(H,21,22)(H,23,24);1-2H3. The van der Waals surface area contributed by atoms with E-state index in [-0.39, 0.29) is 5.91 Å². The Balaban J connectivity index is 0.00000102. The third-order valence-electron chi connectivity index (χ3n) is 4.56. The fourth-order valence-electron chi connectivity index (χ4n) is 3.13. The first-order valence-electron chi connectivity index (χ1n) is 9.19. The van der Waals surface area contributed by atoms with E-state index >= 15 is 0 Å². The number of fused-ring (bicyclic) bond motifs is 1. The molecule has 0 saturated carbocycles. The molecule has 0 radical (unpaired) electrons. The van der Waals surface area contributed by atoms with Crippen molar-refractivity contribution >= 4 is 23.3 Å². The van der Waals surface area contributed by atoms with Gasteiger partial charge in [-0.05, 0) is 23.6 Å². The van der Waals surface area contributed by atoms with Gasteiger partial charge in [-0.15, -0.1) is 0 Å². The predicted octanol–water partition coefficient (Wildman–Crippen LogP) is 3.70. The molecule has 1 unspecified atom stereocenters. The second-order valence-electron chi connectivity index (χ2n) is 6.35. The SMILES string of the molecule is CC.O=C(NC1(c2ccccc2)COC1)C1C=CCc2cc(Cl)cnc2N1. The molecule has 5 nitrogen and oxygen atoms in total. The number of benzene rings is 1. The molecule has 2 aliphatic rings. The van der Waals surface area contributed by atoms with Crippen LogP contribution in [0.3, 0.4) is 0 Å². The first-order valence-corrected chi connectivity index (χ1v) is 9.57. The second kappa shape index (κ2) is 8.55. The number of carbonyl (C=O) groups is 1. The zero-order chi connectivity index (χ0) is 19.3. The Morgan fingerprint density at radius 1 is 1.30 bits per heavy atom. The van der Waals surface area contributed by atoms with E-state index in [1.807, 2.05) is 62.4 Å². The Kier molecular flexibility index (Phi) is 6.14. The molecular weight excluding hydrogens is 362 g/mol. The fourth-order valence-corrected chi connectivity index (χ4v) is 3.31. The van der Waals surface area contributed by atoms with Gasteiger partial charge in [0, 0.05) is 6.20 Å². The number of ether oxygens (including phenoxy) is 1. The number of allylic oxidation sites excluding steroid dienone is 1. The number of halogens is 1. The summed E-state index contributed by atoms with van der Waals surface area (Å²) in [5.41, 5.74) is 1.57. The fraction of sp³-hybridized carbons (Fsp3) is 0.333. The Bertz CT molecular complexity index is 819. The summed E-state index contributed by atoms with van der Waals surface area (Å²) in [6.45, 7) is 4.95.